The van der Waals surface area contributed by atoms with Crippen LogP contribution >= 0.6 is 0 Å². The van der Waals surface area contributed by atoms with Crippen molar-refractivity contribution >= 4 is 11.8 Å². The van der Waals surface area contributed by atoms with Crippen molar-refractivity contribution in [2.75, 3.05) is 6.54 Å². The maximum absolute atomic E-state index is 12.1. The summed E-state index contributed by atoms with van der Waals surface area (Å²) in [5.41, 5.74) is 1.22. The number of pyridine rings is 1. The van der Waals surface area contributed by atoms with E-state index in [4.69, 9.17) is 0 Å². The first kappa shape index (κ1) is 19.0. The maximum Gasteiger partial charge on any atom is 0.273 e. The lowest BCUT2D eigenvalue weighted by Crippen LogP contribution is -2.27. The van der Waals surface area contributed by atoms with E-state index in [1.54, 1.807) is 23.3 Å². The summed E-state index contributed by atoms with van der Waals surface area (Å²) in [6.45, 7) is 1.37. The predicted octanol–water partition coefficient (Wildman–Crippen LogP) is 1.69. The highest BCUT2D eigenvalue weighted by Gasteiger charge is 2.16. The van der Waals surface area contributed by atoms with Gasteiger partial charge in [-0.2, -0.15) is 0 Å². The molecular weight excluding hydrogens is 344 g/mol. The van der Waals surface area contributed by atoms with Crippen molar-refractivity contribution in [2.24, 2.45) is 5.92 Å². The molecule has 3 rings (SSSR count). The van der Waals surface area contributed by atoms with Crippen LogP contribution in [0.1, 0.15) is 54.6 Å². The molecule has 2 aromatic heterocycles. The third kappa shape index (κ3) is 6.16. The molecule has 1 saturated carbocycles. The van der Waals surface area contributed by atoms with E-state index < -0.39 is 0 Å². The summed E-state index contributed by atoms with van der Waals surface area (Å²) in [5, 5.41) is 13.5. The Kier molecular flexibility index (Phi) is 6.90. The summed E-state index contributed by atoms with van der Waals surface area (Å²) in [5.74, 6) is 0.523. The second-order valence-corrected chi connectivity index (χ2v) is 6.94. The second kappa shape index (κ2) is 9.80. The van der Waals surface area contributed by atoms with Crippen molar-refractivity contribution in [2.45, 2.75) is 51.6 Å². The molecule has 0 saturated heterocycles. The normalized spacial score (nSPS) is 14.2. The van der Waals surface area contributed by atoms with E-state index in [0.717, 1.165) is 17.9 Å². The fourth-order valence-corrected chi connectivity index (χ4v) is 3.32. The highest BCUT2D eigenvalue weighted by Crippen LogP contribution is 2.28. The zero-order valence-electron chi connectivity index (χ0n) is 15.4. The zero-order valence-corrected chi connectivity index (χ0v) is 15.4. The van der Waals surface area contributed by atoms with E-state index in [2.05, 4.69) is 25.9 Å². The molecule has 2 amide bonds. The maximum atomic E-state index is 12.1. The van der Waals surface area contributed by atoms with Gasteiger partial charge in [-0.15, -0.1) is 5.10 Å². The lowest BCUT2D eigenvalue weighted by atomic mass is 10.0. The van der Waals surface area contributed by atoms with E-state index in [0.29, 0.717) is 26.1 Å². The van der Waals surface area contributed by atoms with Crippen LogP contribution < -0.4 is 10.6 Å². The average Bonchev–Trinajstić information content (AvgIpc) is 3.37. The second-order valence-electron chi connectivity index (χ2n) is 6.94. The van der Waals surface area contributed by atoms with Crippen LogP contribution in [0.4, 0.5) is 0 Å². The molecule has 1 aliphatic carbocycles. The van der Waals surface area contributed by atoms with Crippen LogP contribution in [0.5, 0.6) is 0 Å². The summed E-state index contributed by atoms with van der Waals surface area (Å²) in [6, 6.07) is 3.68. The summed E-state index contributed by atoms with van der Waals surface area (Å²) < 4.78 is 1.57. The Morgan fingerprint density at radius 2 is 1.93 bits per heavy atom. The van der Waals surface area contributed by atoms with E-state index in [9.17, 15) is 9.59 Å². The van der Waals surface area contributed by atoms with Crippen molar-refractivity contribution in [1.29, 1.82) is 0 Å². The fourth-order valence-electron chi connectivity index (χ4n) is 3.32. The van der Waals surface area contributed by atoms with Gasteiger partial charge in [-0.3, -0.25) is 14.6 Å². The topological polar surface area (TPSA) is 102 Å². The highest BCUT2D eigenvalue weighted by molar-refractivity contribution is 5.91. The molecule has 2 heterocycles. The van der Waals surface area contributed by atoms with Gasteiger partial charge < -0.3 is 10.6 Å². The average molecular weight is 370 g/mol. The number of amides is 2. The molecule has 27 heavy (non-hydrogen) atoms. The molecule has 0 bridgehead atoms. The Labute approximate surface area is 158 Å². The van der Waals surface area contributed by atoms with E-state index in [1.807, 2.05) is 12.1 Å². The van der Waals surface area contributed by atoms with Crippen molar-refractivity contribution in [3.63, 3.8) is 0 Å². The van der Waals surface area contributed by atoms with Gasteiger partial charge in [-0.1, -0.05) is 30.9 Å². The number of hydrogen-bond acceptors (Lipinski definition) is 5. The fraction of sp³-hybridized carbons (Fsp3) is 0.526. The Hall–Kier alpha value is -2.77. The molecule has 0 aromatic carbocycles. The third-order valence-corrected chi connectivity index (χ3v) is 4.89. The van der Waals surface area contributed by atoms with Gasteiger partial charge in [0.1, 0.15) is 0 Å². The lowest BCUT2D eigenvalue weighted by Gasteiger charge is -2.09. The summed E-state index contributed by atoms with van der Waals surface area (Å²) >= 11 is 0. The van der Waals surface area contributed by atoms with E-state index >= 15 is 0 Å². The van der Waals surface area contributed by atoms with Crippen LogP contribution in [-0.2, 0) is 17.9 Å². The van der Waals surface area contributed by atoms with Gasteiger partial charge in [-0.05, 0) is 30.0 Å². The first-order valence-corrected chi connectivity index (χ1v) is 9.54. The molecule has 8 nitrogen and oxygen atoms in total. The van der Waals surface area contributed by atoms with Gasteiger partial charge in [0.05, 0.1) is 12.7 Å². The molecule has 2 N–H and O–H groups in total. The first-order valence-electron chi connectivity index (χ1n) is 9.54. The Bertz CT molecular complexity index is 740. The summed E-state index contributed by atoms with van der Waals surface area (Å²) in [4.78, 5) is 27.9. The molecule has 0 spiro atoms. The Morgan fingerprint density at radius 1 is 1.15 bits per heavy atom. The molecule has 8 heteroatoms. The van der Waals surface area contributed by atoms with Gasteiger partial charge >= 0.3 is 0 Å². The molecule has 0 atom stereocenters. The van der Waals surface area contributed by atoms with Gasteiger partial charge in [0.15, 0.2) is 5.69 Å². The van der Waals surface area contributed by atoms with Crippen LogP contribution in [0.15, 0.2) is 30.7 Å². The highest BCUT2D eigenvalue weighted by atomic mass is 16.2. The molecule has 144 valence electrons. The third-order valence-electron chi connectivity index (χ3n) is 4.89. The number of aromatic nitrogens is 4. The molecule has 1 aliphatic rings. The first-order chi connectivity index (χ1) is 13.2. The van der Waals surface area contributed by atoms with Gasteiger partial charge in [-0.25, -0.2) is 4.68 Å². The molecular formula is C19H26N6O2. The molecule has 0 aliphatic heterocycles. The largest absolute Gasteiger partial charge is 0.354 e. The van der Waals surface area contributed by atoms with Gasteiger partial charge in [0, 0.05) is 31.9 Å². The molecule has 0 radical (unpaired) electrons. The van der Waals surface area contributed by atoms with Crippen LogP contribution in [0.2, 0.25) is 0 Å². The van der Waals surface area contributed by atoms with Crippen LogP contribution in [0, 0.1) is 5.92 Å². The van der Waals surface area contributed by atoms with Crippen LogP contribution in [0.25, 0.3) is 0 Å². The molecule has 1 fully saturated rings. The molecule has 0 unspecified atom stereocenters. The van der Waals surface area contributed by atoms with Crippen LogP contribution in [-0.4, -0.2) is 38.3 Å². The quantitative estimate of drug-likeness (QED) is 0.699. The van der Waals surface area contributed by atoms with E-state index in [-0.39, 0.29) is 17.5 Å². The Balaban J connectivity index is 1.34. The predicted molar refractivity (Wildman–Crippen MR) is 99.6 cm³/mol. The lowest BCUT2D eigenvalue weighted by molar-refractivity contribution is -0.121. The minimum absolute atomic E-state index is 0.0809. The number of nitrogens with one attached hydrogen (secondary N) is 2. The van der Waals surface area contributed by atoms with Crippen molar-refractivity contribution in [1.82, 2.24) is 30.6 Å². The number of nitrogens with zero attached hydrogens (tertiary/aromatic N) is 4. The number of carbonyl (C=O) groups excluding carboxylic acids is 2. The number of hydrogen-bond donors (Lipinski definition) is 2. The minimum atomic E-state index is -0.279. The Morgan fingerprint density at radius 3 is 2.70 bits per heavy atom. The number of rotatable bonds is 9. The standard InChI is InChI=1S/C19H26N6O2/c26-18(6-5-15-3-1-2-4-15)21-11-12-25-14-17(23-24-25)19(27)22-13-16-7-9-20-10-8-16/h7-10,14-15H,1-6,11-13H2,(H,21,26)(H,22,27). The van der Waals surface area contributed by atoms with Crippen molar-refractivity contribution < 1.29 is 9.59 Å². The zero-order chi connectivity index (χ0) is 18.9. The summed E-state index contributed by atoms with van der Waals surface area (Å²) in [7, 11) is 0. The van der Waals surface area contributed by atoms with Crippen molar-refractivity contribution in [3.05, 3.63) is 42.0 Å². The molecule has 2 aromatic rings. The number of carbonyl (C=O) groups is 2. The smallest absolute Gasteiger partial charge is 0.273 e. The van der Waals surface area contributed by atoms with Crippen LogP contribution in [0.3, 0.4) is 0 Å². The van der Waals surface area contributed by atoms with Crippen molar-refractivity contribution in [3.8, 4) is 0 Å². The van der Waals surface area contributed by atoms with Gasteiger partial charge in [0.25, 0.3) is 5.91 Å². The van der Waals surface area contributed by atoms with Gasteiger partial charge in [0.2, 0.25) is 5.91 Å². The monoisotopic (exact) mass is 370 g/mol. The minimum Gasteiger partial charge on any atom is -0.354 e. The van der Waals surface area contributed by atoms with E-state index in [1.165, 1.54) is 25.7 Å². The SMILES string of the molecule is O=C(CCC1CCCC1)NCCn1cc(C(=O)NCc2ccncc2)nn1. The summed E-state index contributed by atoms with van der Waals surface area (Å²) in [6.07, 6.45) is 11.7.